The van der Waals surface area contributed by atoms with Gasteiger partial charge < -0.3 is 14.6 Å². The summed E-state index contributed by atoms with van der Waals surface area (Å²) in [4.78, 5) is 12.1. The van der Waals surface area contributed by atoms with Crippen LogP contribution in [0.4, 0.5) is 35.1 Å². The summed E-state index contributed by atoms with van der Waals surface area (Å²) in [6, 6.07) is 0. The Morgan fingerprint density at radius 2 is 1.69 bits per heavy atom. The van der Waals surface area contributed by atoms with Crippen molar-refractivity contribution >= 4 is 5.97 Å². The molecule has 0 aromatic rings. The third kappa shape index (κ3) is 2.30. The Bertz CT molecular complexity index is 642. The number of carbonyl (C=O) groups is 1. The molecule has 0 aromatic heterocycles. The van der Waals surface area contributed by atoms with Crippen molar-refractivity contribution in [2.24, 2.45) is 17.8 Å². The molecule has 1 saturated carbocycles. The van der Waals surface area contributed by atoms with E-state index in [2.05, 4.69) is 9.47 Å². The molecule has 2 aliphatic carbocycles. The maximum absolute atomic E-state index is 14.2. The van der Waals surface area contributed by atoms with Gasteiger partial charge in [0.15, 0.2) is 0 Å². The van der Waals surface area contributed by atoms with E-state index in [1.165, 1.54) is 6.08 Å². The smallest absolute Gasteiger partial charge is 0.440 e. The van der Waals surface area contributed by atoms with Crippen molar-refractivity contribution in [2.45, 2.75) is 42.5 Å². The molecule has 1 heterocycles. The third-order valence-corrected chi connectivity index (χ3v) is 5.12. The molecule has 3 aliphatic rings. The fourth-order valence-electron chi connectivity index (χ4n) is 3.63. The van der Waals surface area contributed by atoms with E-state index < -0.39 is 54.1 Å². The molecule has 2 fully saturated rings. The molecular weight excluding hydrogens is 384 g/mol. The minimum Gasteiger partial charge on any atom is -0.440 e. The van der Waals surface area contributed by atoms with Crippen LogP contribution in [-0.4, -0.2) is 47.3 Å². The van der Waals surface area contributed by atoms with Crippen LogP contribution >= 0.6 is 0 Å². The van der Waals surface area contributed by atoms with Crippen LogP contribution in [0.15, 0.2) is 12.2 Å². The zero-order valence-electron chi connectivity index (χ0n) is 12.7. The first-order valence-corrected chi connectivity index (χ1v) is 7.45. The van der Waals surface area contributed by atoms with Gasteiger partial charge >= 0.3 is 30.0 Å². The Hall–Kier alpha value is -1.43. The van der Waals surface area contributed by atoms with Gasteiger partial charge in [-0.3, -0.25) is 4.79 Å². The SMILES string of the molecule is O=C(OC1(C(F)(F)F)COC(O)(C(F)(F)F)C1(F)F)C1CC2C=CC1C2. The van der Waals surface area contributed by atoms with Crippen LogP contribution < -0.4 is 0 Å². The van der Waals surface area contributed by atoms with Gasteiger partial charge in [-0.15, -0.1) is 0 Å². The van der Waals surface area contributed by atoms with Crippen LogP contribution in [0.1, 0.15) is 12.8 Å². The van der Waals surface area contributed by atoms with E-state index >= 15 is 0 Å². The number of halogens is 8. The van der Waals surface area contributed by atoms with E-state index in [1.54, 1.807) is 6.08 Å². The number of esters is 1. The predicted molar refractivity (Wildman–Crippen MR) is 65.6 cm³/mol. The topological polar surface area (TPSA) is 55.8 Å². The number of hydrogen-bond acceptors (Lipinski definition) is 4. The lowest BCUT2D eigenvalue weighted by Gasteiger charge is -2.39. The zero-order chi connectivity index (χ0) is 19.8. The van der Waals surface area contributed by atoms with Crippen LogP contribution in [-0.2, 0) is 14.3 Å². The van der Waals surface area contributed by atoms with E-state index in [0.29, 0.717) is 6.42 Å². The fourth-order valence-corrected chi connectivity index (χ4v) is 3.63. The van der Waals surface area contributed by atoms with Gasteiger partial charge in [0.2, 0.25) is 0 Å². The van der Waals surface area contributed by atoms with Crippen molar-refractivity contribution in [3.63, 3.8) is 0 Å². The zero-order valence-corrected chi connectivity index (χ0v) is 12.7. The highest BCUT2D eigenvalue weighted by atomic mass is 19.4. The van der Waals surface area contributed by atoms with Crippen LogP contribution in [0, 0.1) is 17.8 Å². The molecule has 1 saturated heterocycles. The second-order valence-electron chi connectivity index (χ2n) is 6.64. The van der Waals surface area contributed by atoms with Crippen molar-refractivity contribution in [3.05, 3.63) is 12.2 Å². The number of alkyl halides is 8. The molecule has 5 atom stereocenters. The molecule has 0 aromatic carbocycles. The van der Waals surface area contributed by atoms with E-state index in [0.717, 1.165) is 0 Å². The Balaban J connectivity index is 1.96. The second kappa shape index (κ2) is 5.31. The molecule has 0 spiro atoms. The number of hydrogen-bond donors (Lipinski definition) is 1. The van der Waals surface area contributed by atoms with E-state index in [9.17, 15) is 39.9 Å². The van der Waals surface area contributed by atoms with E-state index in [-0.39, 0.29) is 12.3 Å². The van der Waals surface area contributed by atoms with Crippen LogP contribution in [0.3, 0.4) is 0 Å². The van der Waals surface area contributed by atoms with Gasteiger partial charge in [0.05, 0.1) is 5.92 Å². The summed E-state index contributed by atoms with van der Waals surface area (Å²) < 4.78 is 114. The lowest BCUT2D eigenvalue weighted by atomic mass is 9.89. The van der Waals surface area contributed by atoms with Crippen LogP contribution in [0.2, 0.25) is 0 Å². The Kier molecular flexibility index (Phi) is 3.95. The van der Waals surface area contributed by atoms with Crippen molar-refractivity contribution in [2.75, 3.05) is 6.61 Å². The molecule has 1 N–H and O–H groups in total. The Morgan fingerprint density at radius 1 is 1.08 bits per heavy atom. The third-order valence-electron chi connectivity index (χ3n) is 5.12. The first kappa shape index (κ1) is 19.3. The van der Waals surface area contributed by atoms with E-state index in [1.807, 2.05) is 0 Å². The molecule has 5 unspecified atom stereocenters. The molecule has 4 nitrogen and oxygen atoms in total. The minimum absolute atomic E-state index is 0.0455. The first-order chi connectivity index (χ1) is 11.7. The van der Waals surface area contributed by atoms with Crippen molar-refractivity contribution in [1.82, 2.24) is 0 Å². The van der Waals surface area contributed by atoms with Gasteiger partial charge in [-0.2, -0.15) is 35.1 Å². The summed E-state index contributed by atoms with van der Waals surface area (Å²) >= 11 is 0. The van der Waals surface area contributed by atoms with Crippen LogP contribution in [0.25, 0.3) is 0 Å². The first-order valence-electron chi connectivity index (χ1n) is 7.45. The highest BCUT2D eigenvalue weighted by Gasteiger charge is 2.90. The van der Waals surface area contributed by atoms with E-state index in [4.69, 9.17) is 5.11 Å². The van der Waals surface area contributed by atoms with Gasteiger partial charge in [0.1, 0.15) is 6.61 Å². The lowest BCUT2D eigenvalue weighted by molar-refractivity contribution is -0.421. The van der Waals surface area contributed by atoms with Crippen molar-refractivity contribution < 1.29 is 54.5 Å². The number of fused-ring (bicyclic) bond motifs is 2. The van der Waals surface area contributed by atoms with Crippen molar-refractivity contribution in [3.8, 4) is 0 Å². The largest absolute Gasteiger partial charge is 0.449 e. The van der Waals surface area contributed by atoms with Gasteiger partial charge in [-0.25, -0.2) is 0 Å². The number of carbonyl (C=O) groups excluding carboxylic acids is 1. The molecule has 2 bridgehead atoms. The molecule has 3 rings (SSSR count). The maximum Gasteiger partial charge on any atom is 0.449 e. The highest BCUT2D eigenvalue weighted by Crippen LogP contribution is 2.60. The summed E-state index contributed by atoms with van der Waals surface area (Å²) in [5, 5.41) is 9.14. The summed E-state index contributed by atoms with van der Waals surface area (Å²) in [5.41, 5.74) is -4.95. The van der Waals surface area contributed by atoms with Gasteiger partial charge in [0.25, 0.3) is 5.60 Å². The normalized spacial score (nSPS) is 41.7. The number of ether oxygens (including phenoxy) is 2. The summed E-state index contributed by atoms with van der Waals surface area (Å²) in [5.74, 6) is -15.0. The Morgan fingerprint density at radius 3 is 2.08 bits per heavy atom. The molecule has 1 aliphatic heterocycles. The highest BCUT2D eigenvalue weighted by molar-refractivity contribution is 5.75. The van der Waals surface area contributed by atoms with Gasteiger partial charge in [-0.1, -0.05) is 12.2 Å². The summed E-state index contributed by atoms with van der Waals surface area (Å²) in [6.45, 7) is -2.39. The standard InChI is InChI=1S/C14H12F8O4/c15-11(16)10(13(17,18)19,5-25-12(11,24)14(20,21)22)26-9(23)8-4-6-1-2-7(8)3-6/h1-2,6-8,24H,3-5H2. The maximum atomic E-state index is 14.2. The molecule has 0 radical (unpaired) electrons. The molecule has 0 amide bonds. The fraction of sp³-hybridized carbons (Fsp3) is 0.786. The van der Waals surface area contributed by atoms with Crippen LogP contribution in [0.5, 0.6) is 0 Å². The van der Waals surface area contributed by atoms with Crippen molar-refractivity contribution in [1.29, 1.82) is 0 Å². The number of aliphatic hydroxyl groups is 1. The number of allylic oxidation sites excluding steroid dienone is 2. The van der Waals surface area contributed by atoms with Gasteiger partial charge in [-0.05, 0) is 24.7 Å². The second-order valence-corrected chi connectivity index (χ2v) is 6.64. The predicted octanol–water partition coefficient (Wildman–Crippen LogP) is 2.96. The monoisotopic (exact) mass is 396 g/mol. The summed E-state index contributed by atoms with van der Waals surface area (Å²) in [7, 11) is 0. The molecule has 148 valence electrons. The minimum atomic E-state index is -6.26. The summed E-state index contributed by atoms with van der Waals surface area (Å²) in [6.07, 6.45) is -8.69. The van der Waals surface area contributed by atoms with Gasteiger partial charge in [0, 0.05) is 0 Å². The molecule has 26 heavy (non-hydrogen) atoms. The Labute approximate surface area is 140 Å². The molecule has 12 heteroatoms. The quantitative estimate of drug-likeness (QED) is 0.443. The lowest BCUT2D eigenvalue weighted by Crippen LogP contribution is -2.69. The molecular formula is C14H12F8O4. The average Bonchev–Trinajstić information content (AvgIpc) is 3.14. The average molecular weight is 396 g/mol. The number of rotatable bonds is 2.